The zero-order valence-corrected chi connectivity index (χ0v) is 8.80. The zero-order valence-electron chi connectivity index (χ0n) is 7.99. The van der Waals surface area contributed by atoms with Crippen LogP contribution in [0.1, 0.15) is 24.3 Å². The van der Waals surface area contributed by atoms with Crippen molar-refractivity contribution in [3.8, 4) is 5.19 Å². The Bertz CT molecular complexity index is 473. The molecule has 14 heavy (non-hydrogen) atoms. The second kappa shape index (κ2) is 2.95. The lowest BCUT2D eigenvalue weighted by Crippen LogP contribution is -1.79. The molecule has 1 heterocycles. The minimum absolute atomic E-state index is 0.757. The lowest BCUT2D eigenvalue weighted by Gasteiger charge is -1.95. The highest BCUT2D eigenvalue weighted by atomic mass is 32.1. The summed E-state index contributed by atoms with van der Waals surface area (Å²) in [6, 6.07) is 6.55. The van der Waals surface area contributed by atoms with E-state index in [1.165, 1.54) is 23.1 Å². The second-order valence-electron chi connectivity index (χ2n) is 3.69. The molecule has 1 aliphatic carbocycles. The molecule has 1 fully saturated rings. The monoisotopic (exact) mass is 205 g/mol. The summed E-state index contributed by atoms with van der Waals surface area (Å²) in [4.78, 5) is 4.35. The van der Waals surface area contributed by atoms with Crippen LogP contribution in [0.15, 0.2) is 18.2 Å². The van der Waals surface area contributed by atoms with Gasteiger partial charge in [0, 0.05) is 0 Å². The summed E-state index contributed by atoms with van der Waals surface area (Å²) in [6.07, 6.45) is 2.70. The van der Waals surface area contributed by atoms with Crippen LogP contribution in [-0.2, 0) is 0 Å². The summed E-state index contributed by atoms with van der Waals surface area (Å²) in [5.41, 5.74) is 2.51. The highest BCUT2D eigenvalue weighted by Crippen LogP contribution is 2.41. The molecule has 1 aliphatic rings. The van der Waals surface area contributed by atoms with Gasteiger partial charge in [-0.3, -0.25) is 0 Å². The number of methoxy groups -OCH3 is 1. The fourth-order valence-corrected chi connectivity index (χ4v) is 2.51. The van der Waals surface area contributed by atoms with Crippen LogP contribution in [0.4, 0.5) is 0 Å². The van der Waals surface area contributed by atoms with E-state index in [0.29, 0.717) is 0 Å². The van der Waals surface area contributed by atoms with Gasteiger partial charge in [-0.1, -0.05) is 17.4 Å². The van der Waals surface area contributed by atoms with Gasteiger partial charge < -0.3 is 4.74 Å². The van der Waals surface area contributed by atoms with Crippen LogP contribution in [0.3, 0.4) is 0 Å². The van der Waals surface area contributed by atoms with Gasteiger partial charge in [-0.05, 0) is 36.5 Å². The van der Waals surface area contributed by atoms with Crippen LogP contribution in [0, 0.1) is 0 Å². The fourth-order valence-electron chi connectivity index (χ4n) is 1.68. The van der Waals surface area contributed by atoms with Gasteiger partial charge in [-0.2, -0.15) is 0 Å². The van der Waals surface area contributed by atoms with Crippen LogP contribution < -0.4 is 4.74 Å². The van der Waals surface area contributed by atoms with E-state index in [2.05, 4.69) is 23.2 Å². The quantitative estimate of drug-likeness (QED) is 0.751. The Morgan fingerprint density at radius 2 is 2.29 bits per heavy atom. The van der Waals surface area contributed by atoms with Crippen molar-refractivity contribution in [2.75, 3.05) is 7.11 Å². The van der Waals surface area contributed by atoms with E-state index in [1.807, 2.05) is 0 Å². The van der Waals surface area contributed by atoms with Gasteiger partial charge in [-0.25, -0.2) is 4.98 Å². The summed E-state index contributed by atoms with van der Waals surface area (Å²) in [5, 5.41) is 0.757. The van der Waals surface area contributed by atoms with Crippen LogP contribution in [-0.4, -0.2) is 12.1 Å². The Morgan fingerprint density at radius 1 is 1.43 bits per heavy atom. The third-order valence-corrected chi connectivity index (χ3v) is 3.60. The van der Waals surface area contributed by atoms with E-state index in [1.54, 1.807) is 18.4 Å². The van der Waals surface area contributed by atoms with Crippen molar-refractivity contribution in [1.82, 2.24) is 4.98 Å². The van der Waals surface area contributed by atoms with E-state index in [0.717, 1.165) is 16.6 Å². The predicted octanol–water partition coefficient (Wildman–Crippen LogP) is 3.18. The topological polar surface area (TPSA) is 22.1 Å². The molecule has 1 aromatic carbocycles. The summed E-state index contributed by atoms with van der Waals surface area (Å²) >= 11 is 1.62. The van der Waals surface area contributed by atoms with Crippen molar-refractivity contribution in [2.24, 2.45) is 0 Å². The van der Waals surface area contributed by atoms with Crippen LogP contribution in [0.5, 0.6) is 5.19 Å². The zero-order chi connectivity index (χ0) is 9.54. The van der Waals surface area contributed by atoms with Crippen molar-refractivity contribution in [3.63, 3.8) is 0 Å². The third-order valence-electron chi connectivity index (χ3n) is 2.62. The number of rotatable bonds is 2. The van der Waals surface area contributed by atoms with E-state index in [-0.39, 0.29) is 0 Å². The SMILES string of the molecule is COc1nc2ccc(C3CC3)cc2s1. The van der Waals surface area contributed by atoms with Gasteiger partial charge in [0.05, 0.1) is 17.3 Å². The molecule has 0 bridgehead atoms. The average Bonchev–Trinajstić information content (AvgIpc) is 2.97. The predicted molar refractivity (Wildman–Crippen MR) is 58.1 cm³/mol. The third kappa shape index (κ3) is 1.28. The molecule has 0 aliphatic heterocycles. The van der Waals surface area contributed by atoms with Gasteiger partial charge in [0.1, 0.15) is 0 Å². The molecule has 0 atom stereocenters. The number of hydrogen-bond donors (Lipinski definition) is 0. The number of ether oxygens (including phenoxy) is 1. The number of benzene rings is 1. The first-order valence-electron chi connectivity index (χ1n) is 4.81. The Morgan fingerprint density at radius 3 is 3.00 bits per heavy atom. The van der Waals surface area contributed by atoms with Crippen molar-refractivity contribution in [1.29, 1.82) is 0 Å². The van der Waals surface area contributed by atoms with Gasteiger partial charge in [0.2, 0.25) is 0 Å². The molecule has 2 aromatic rings. The van der Waals surface area contributed by atoms with Gasteiger partial charge in [-0.15, -0.1) is 0 Å². The summed E-state index contributed by atoms with van der Waals surface area (Å²) in [7, 11) is 1.67. The van der Waals surface area contributed by atoms with E-state index < -0.39 is 0 Å². The van der Waals surface area contributed by atoms with Gasteiger partial charge in [0.25, 0.3) is 5.19 Å². The molecule has 0 spiro atoms. The van der Waals surface area contributed by atoms with Crippen LogP contribution >= 0.6 is 11.3 Å². The number of thiazole rings is 1. The van der Waals surface area contributed by atoms with Gasteiger partial charge in [0.15, 0.2) is 0 Å². The molecule has 0 radical (unpaired) electrons. The first-order valence-corrected chi connectivity index (χ1v) is 5.63. The average molecular weight is 205 g/mol. The number of hydrogen-bond acceptors (Lipinski definition) is 3. The summed E-state index contributed by atoms with van der Waals surface area (Å²) in [6.45, 7) is 0. The van der Waals surface area contributed by atoms with E-state index >= 15 is 0 Å². The van der Waals surface area contributed by atoms with Crippen LogP contribution in [0.2, 0.25) is 0 Å². The normalized spacial score (nSPS) is 16.1. The smallest absolute Gasteiger partial charge is 0.274 e. The Kier molecular flexibility index (Phi) is 1.74. The van der Waals surface area contributed by atoms with Crippen molar-refractivity contribution >= 4 is 21.6 Å². The fraction of sp³-hybridized carbons (Fsp3) is 0.364. The maximum atomic E-state index is 5.12. The van der Waals surface area contributed by atoms with E-state index in [9.17, 15) is 0 Å². The molecule has 0 N–H and O–H groups in total. The molecule has 3 heteroatoms. The molecule has 2 nitrogen and oxygen atoms in total. The molecule has 3 rings (SSSR count). The summed E-state index contributed by atoms with van der Waals surface area (Å²) in [5.74, 6) is 0.812. The molecule has 1 aromatic heterocycles. The first kappa shape index (κ1) is 8.24. The second-order valence-corrected chi connectivity index (χ2v) is 4.68. The molecule has 1 saturated carbocycles. The molecule has 72 valence electrons. The molecule has 0 amide bonds. The van der Waals surface area contributed by atoms with Crippen molar-refractivity contribution < 1.29 is 4.74 Å². The van der Waals surface area contributed by atoms with E-state index in [4.69, 9.17) is 4.74 Å². The number of aromatic nitrogens is 1. The first-order chi connectivity index (χ1) is 6.86. The number of fused-ring (bicyclic) bond motifs is 1. The standard InChI is InChI=1S/C11H11NOS/c1-13-11-12-9-5-4-8(7-2-3-7)6-10(9)14-11/h4-7H,2-3H2,1H3. The molecule has 0 saturated heterocycles. The maximum Gasteiger partial charge on any atom is 0.274 e. The summed E-state index contributed by atoms with van der Waals surface area (Å²) < 4.78 is 6.36. The van der Waals surface area contributed by atoms with Crippen molar-refractivity contribution in [2.45, 2.75) is 18.8 Å². The molecular formula is C11H11NOS. The Balaban J connectivity index is 2.12. The molecular weight excluding hydrogens is 194 g/mol. The molecule has 0 unspecified atom stereocenters. The highest BCUT2D eigenvalue weighted by Gasteiger charge is 2.23. The number of nitrogens with zero attached hydrogens (tertiary/aromatic N) is 1. The van der Waals surface area contributed by atoms with Gasteiger partial charge >= 0.3 is 0 Å². The van der Waals surface area contributed by atoms with Crippen molar-refractivity contribution in [3.05, 3.63) is 23.8 Å². The van der Waals surface area contributed by atoms with Crippen LogP contribution in [0.25, 0.3) is 10.2 Å². The maximum absolute atomic E-state index is 5.12. The lowest BCUT2D eigenvalue weighted by molar-refractivity contribution is 0.413. The largest absolute Gasteiger partial charge is 0.473 e. The minimum Gasteiger partial charge on any atom is -0.473 e. The Hall–Kier alpha value is -1.09. The Labute approximate surface area is 86.5 Å². The minimum atomic E-state index is 0.757. The highest BCUT2D eigenvalue weighted by molar-refractivity contribution is 7.20. The lowest BCUT2D eigenvalue weighted by atomic mass is 10.1.